The second-order valence-electron chi connectivity index (χ2n) is 5.52. The summed E-state index contributed by atoms with van der Waals surface area (Å²) in [5.41, 5.74) is 1.61. The van der Waals surface area contributed by atoms with E-state index in [1.807, 2.05) is 7.11 Å². The third-order valence-corrected chi connectivity index (χ3v) is 6.71. The summed E-state index contributed by atoms with van der Waals surface area (Å²) in [7, 11) is 3.74. The van der Waals surface area contributed by atoms with E-state index in [0.29, 0.717) is 0 Å². The van der Waals surface area contributed by atoms with Crippen LogP contribution in [0.25, 0.3) is 0 Å². The van der Waals surface area contributed by atoms with Gasteiger partial charge in [-0.05, 0) is 32.9 Å². The summed E-state index contributed by atoms with van der Waals surface area (Å²) >= 11 is 0. The van der Waals surface area contributed by atoms with Gasteiger partial charge in [-0.2, -0.15) is 0 Å². The van der Waals surface area contributed by atoms with Gasteiger partial charge in [-0.25, -0.2) is 0 Å². The molecule has 1 aromatic carbocycles. The lowest BCUT2D eigenvalue weighted by Gasteiger charge is -2.26. The molecule has 3 heteroatoms. The van der Waals surface area contributed by atoms with Gasteiger partial charge in [0.1, 0.15) is 11.9 Å². The van der Waals surface area contributed by atoms with E-state index in [4.69, 9.17) is 9.47 Å². The summed E-state index contributed by atoms with van der Waals surface area (Å²) in [5.74, 6) is 1.06. The molecule has 1 fully saturated rings. The fourth-order valence-corrected chi connectivity index (χ4v) is 5.82. The zero-order chi connectivity index (χ0) is 13.3. The fraction of sp³-hybridized carbons (Fsp3) is 0.600. The van der Waals surface area contributed by atoms with E-state index < -0.39 is 0 Å². The lowest BCUT2D eigenvalue weighted by molar-refractivity contribution is -0.0240. The number of hydrogen-bond donors (Lipinski definition) is 0. The van der Waals surface area contributed by atoms with Crippen LogP contribution in [0, 0.1) is 12.3 Å². The molecule has 2 nitrogen and oxygen atoms in total. The molecule has 0 saturated carbocycles. The number of ether oxygens (including phenoxy) is 2. The Morgan fingerprint density at radius 3 is 2.22 bits per heavy atom. The average molecular weight is 267 g/mol. The summed E-state index contributed by atoms with van der Waals surface area (Å²) in [6.07, 6.45) is 0.270. The van der Waals surface area contributed by atoms with Crippen molar-refractivity contribution in [2.24, 2.45) is 5.41 Å². The molecule has 18 heavy (non-hydrogen) atoms. The first-order valence-corrected chi connectivity index (χ1v) is 7.78. The van der Waals surface area contributed by atoms with E-state index in [-0.39, 0.29) is 27.8 Å². The third-order valence-electron chi connectivity index (χ3n) is 3.85. The minimum absolute atomic E-state index is 0.0670. The molecule has 1 aliphatic heterocycles. The topological polar surface area (TPSA) is 18.5 Å². The molecule has 0 aliphatic carbocycles. The molecule has 0 bridgehead atoms. The van der Waals surface area contributed by atoms with Gasteiger partial charge in [0.15, 0.2) is 4.90 Å². The van der Waals surface area contributed by atoms with Gasteiger partial charge in [0.25, 0.3) is 0 Å². The minimum atomic E-state index is 0.0670. The third kappa shape index (κ3) is 2.31. The van der Waals surface area contributed by atoms with E-state index in [0.717, 1.165) is 5.75 Å². The van der Waals surface area contributed by atoms with Crippen molar-refractivity contribution in [3.63, 3.8) is 0 Å². The van der Waals surface area contributed by atoms with Gasteiger partial charge < -0.3 is 9.47 Å². The van der Waals surface area contributed by atoms with E-state index in [1.165, 1.54) is 10.5 Å². The van der Waals surface area contributed by atoms with Crippen LogP contribution in [-0.4, -0.2) is 31.5 Å². The van der Waals surface area contributed by atoms with Gasteiger partial charge in [0, 0.05) is 14.2 Å². The minimum Gasteiger partial charge on any atom is -0.376 e. The predicted octanol–water partition coefficient (Wildman–Crippen LogP) is 3.00. The molecule has 0 N–H and O–H groups in total. The molecule has 1 saturated heterocycles. The van der Waals surface area contributed by atoms with Crippen LogP contribution in [0.2, 0.25) is 0 Å². The van der Waals surface area contributed by atoms with Crippen LogP contribution in [0.1, 0.15) is 19.4 Å². The van der Waals surface area contributed by atoms with Gasteiger partial charge in [0.2, 0.25) is 5.44 Å². The average Bonchev–Trinajstić information content (AvgIpc) is 2.60. The molecular formula is C15H23O2S+. The first-order chi connectivity index (χ1) is 8.50. The maximum Gasteiger partial charge on any atom is 0.231 e. The first-order valence-electron chi connectivity index (χ1n) is 6.32. The highest BCUT2D eigenvalue weighted by Crippen LogP contribution is 2.44. The summed E-state index contributed by atoms with van der Waals surface area (Å²) in [4.78, 5) is 1.39. The van der Waals surface area contributed by atoms with Crippen molar-refractivity contribution in [3.05, 3.63) is 29.8 Å². The van der Waals surface area contributed by atoms with Gasteiger partial charge in [-0.3, -0.25) is 0 Å². The molecule has 1 heterocycles. The Morgan fingerprint density at radius 1 is 1.11 bits per heavy atom. The summed E-state index contributed by atoms with van der Waals surface area (Å²) in [6.45, 7) is 6.62. The summed E-state index contributed by atoms with van der Waals surface area (Å²) in [5, 5.41) is 0. The second kappa shape index (κ2) is 5.24. The molecule has 0 aromatic heterocycles. The lowest BCUT2D eigenvalue weighted by atomic mass is 9.88. The van der Waals surface area contributed by atoms with Crippen molar-refractivity contribution >= 4 is 10.9 Å². The Labute approximate surface area is 113 Å². The Bertz CT molecular complexity index is 399. The fourth-order valence-electron chi connectivity index (χ4n) is 2.71. The second-order valence-corrected chi connectivity index (χ2v) is 7.61. The first kappa shape index (κ1) is 13.9. The highest BCUT2D eigenvalue weighted by molar-refractivity contribution is 7.97. The molecule has 3 atom stereocenters. The number of rotatable bonds is 3. The van der Waals surface area contributed by atoms with E-state index in [1.54, 1.807) is 7.11 Å². The smallest absolute Gasteiger partial charge is 0.231 e. The van der Waals surface area contributed by atoms with Crippen molar-refractivity contribution in [2.45, 2.75) is 37.2 Å². The van der Waals surface area contributed by atoms with Gasteiger partial charge >= 0.3 is 0 Å². The zero-order valence-corrected chi connectivity index (χ0v) is 12.7. The van der Waals surface area contributed by atoms with Crippen LogP contribution in [-0.2, 0) is 20.4 Å². The van der Waals surface area contributed by atoms with Crippen LogP contribution < -0.4 is 0 Å². The van der Waals surface area contributed by atoms with Crippen LogP contribution in [0.3, 0.4) is 0 Å². The van der Waals surface area contributed by atoms with Crippen molar-refractivity contribution in [1.82, 2.24) is 0 Å². The van der Waals surface area contributed by atoms with Gasteiger partial charge in [0.05, 0.1) is 16.3 Å². The maximum atomic E-state index is 5.79. The van der Waals surface area contributed by atoms with E-state index >= 15 is 0 Å². The molecule has 0 spiro atoms. The van der Waals surface area contributed by atoms with E-state index in [9.17, 15) is 0 Å². The van der Waals surface area contributed by atoms with Crippen LogP contribution >= 0.6 is 0 Å². The molecule has 1 unspecified atom stereocenters. The number of methoxy groups -OCH3 is 2. The molecule has 100 valence electrons. The lowest BCUT2D eigenvalue weighted by Crippen LogP contribution is -2.36. The molecule has 0 radical (unpaired) electrons. The highest BCUT2D eigenvalue weighted by atomic mass is 32.2. The number of hydrogen-bond acceptors (Lipinski definition) is 2. The molecule has 2 rings (SSSR count). The van der Waals surface area contributed by atoms with Crippen LogP contribution in [0.4, 0.5) is 0 Å². The normalized spacial score (nSPS) is 30.6. The van der Waals surface area contributed by atoms with Crippen molar-refractivity contribution in [1.29, 1.82) is 0 Å². The molecule has 1 aliphatic rings. The monoisotopic (exact) mass is 267 g/mol. The summed E-state index contributed by atoms with van der Waals surface area (Å²) < 4.78 is 11.4. The number of aryl methyl sites for hydroxylation is 1. The van der Waals surface area contributed by atoms with Crippen LogP contribution in [0.15, 0.2) is 29.2 Å². The standard InChI is InChI=1S/C15H23O2S/c1-11-6-8-12(9-7-11)18-10-13(16-4)15(2,3)14(18)17-5/h6-9,13-14H,10H2,1-5H3/q+1/t13-,14-,18?/m1/s1. The predicted molar refractivity (Wildman–Crippen MR) is 77.1 cm³/mol. The Hall–Kier alpha value is -0.510. The quantitative estimate of drug-likeness (QED) is 0.784. The maximum absolute atomic E-state index is 5.79. The Balaban J connectivity index is 2.31. The highest BCUT2D eigenvalue weighted by Gasteiger charge is 2.58. The Kier molecular flexibility index (Phi) is 4.05. The number of benzene rings is 1. The summed E-state index contributed by atoms with van der Waals surface area (Å²) in [6, 6.07) is 8.83. The van der Waals surface area contributed by atoms with Crippen molar-refractivity contribution in [2.75, 3.05) is 20.0 Å². The zero-order valence-electron chi connectivity index (χ0n) is 11.9. The van der Waals surface area contributed by atoms with Gasteiger partial charge in [-0.1, -0.05) is 17.7 Å². The van der Waals surface area contributed by atoms with Crippen LogP contribution in [0.5, 0.6) is 0 Å². The molecule has 0 amide bonds. The van der Waals surface area contributed by atoms with Crippen molar-refractivity contribution < 1.29 is 9.47 Å². The SMILES string of the molecule is CO[C@@H]1[S+](c2ccc(C)cc2)C[C@@H](OC)C1(C)C. The van der Waals surface area contributed by atoms with E-state index in [2.05, 4.69) is 45.0 Å². The Morgan fingerprint density at radius 2 is 1.72 bits per heavy atom. The largest absolute Gasteiger partial charge is 0.376 e. The van der Waals surface area contributed by atoms with Gasteiger partial charge in [-0.15, -0.1) is 0 Å². The van der Waals surface area contributed by atoms with Crippen molar-refractivity contribution in [3.8, 4) is 0 Å². The molecule has 1 aromatic rings. The molecular weight excluding hydrogens is 244 g/mol.